The van der Waals surface area contributed by atoms with Crippen LogP contribution in [0.4, 0.5) is 4.79 Å². The van der Waals surface area contributed by atoms with Crippen LogP contribution < -0.4 is 10.6 Å². The van der Waals surface area contributed by atoms with E-state index >= 15 is 0 Å². The van der Waals surface area contributed by atoms with E-state index in [4.69, 9.17) is 0 Å². The molecule has 6 nitrogen and oxygen atoms in total. The van der Waals surface area contributed by atoms with Crippen LogP contribution in [0.2, 0.25) is 0 Å². The number of amides is 2. The number of nitrogens with one attached hydrogen (secondary N) is 3. The van der Waals surface area contributed by atoms with E-state index in [0.717, 1.165) is 32.1 Å². The molecule has 154 valence electrons. The number of H-pyrrole nitrogens is 1. The number of hydrogen-bond acceptors (Lipinski definition) is 3. The van der Waals surface area contributed by atoms with Gasteiger partial charge in [0.2, 0.25) is 6.08 Å². The Bertz CT molecular complexity index is 972. The number of benzene rings is 1. The minimum Gasteiger partial charge on any atom is -0.358 e. The molecule has 0 bridgehead atoms. The third-order valence-electron chi connectivity index (χ3n) is 6.44. The number of isocyanates is 1. The molecule has 2 aromatic rings. The molecule has 1 aromatic carbocycles. The van der Waals surface area contributed by atoms with Gasteiger partial charge in [-0.05, 0) is 48.1 Å². The van der Waals surface area contributed by atoms with Gasteiger partial charge >= 0.3 is 6.03 Å². The van der Waals surface area contributed by atoms with Crippen molar-refractivity contribution in [1.29, 1.82) is 0 Å². The van der Waals surface area contributed by atoms with Gasteiger partial charge in [-0.2, -0.15) is 0 Å². The molecule has 1 saturated carbocycles. The van der Waals surface area contributed by atoms with Crippen LogP contribution in [-0.2, 0) is 17.6 Å². The molecule has 0 spiro atoms. The fraction of sp³-hybridized carbons (Fsp3) is 0.565. The number of aromatic nitrogens is 1. The van der Waals surface area contributed by atoms with Crippen molar-refractivity contribution in [3.05, 3.63) is 35.5 Å². The number of aromatic amines is 1. The first-order valence-corrected chi connectivity index (χ1v) is 10.5. The van der Waals surface area contributed by atoms with E-state index in [2.05, 4.69) is 59.6 Å². The Morgan fingerprint density at radius 2 is 1.93 bits per heavy atom. The van der Waals surface area contributed by atoms with Gasteiger partial charge in [-0.1, -0.05) is 39.0 Å². The lowest BCUT2D eigenvalue weighted by Gasteiger charge is -2.46. The summed E-state index contributed by atoms with van der Waals surface area (Å²) in [5.41, 5.74) is 3.72. The first-order valence-electron chi connectivity index (χ1n) is 10.5. The smallest absolute Gasteiger partial charge is 0.315 e. The van der Waals surface area contributed by atoms with Gasteiger partial charge in [-0.3, -0.25) is 0 Å². The largest absolute Gasteiger partial charge is 0.358 e. The summed E-state index contributed by atoms with van der Waals surface area (Å²) in [5.74, 6) is 0. The zero-order valence-corrected chi connectivity index (χ0v) is 17.5. The van der Waals surface area contributed by atoms with Gasteiger partial charge in [0, 0.05) is 35.1 Å². The molecule has 2 aliphatic rings. The third-order valence-corrected chi connectivity index (χ3v) is 6.44. The Labute approximate surface area is 171 Å². The molecule has 2 aliphatic carbocycles. The van der Waals surface area contributed by atoms with Gasteiger partial charge in [-0.15, -0.1) is 0 Å². The SMILES string of the molecule is CC1(C)CC(NC(=O)NC2Cc3[nH]c4ccccc4c3C2)CC(C)(CN=C=O)C1. The summed E-state index contributed by atoms with van der Waals surface area (Å²) < 4.78 is 0. The molecule has 1 aromatic heterocycles. The van der Waals surface area contributed by atoms with E-state index in [1.165, 1.54) is 22.2 Å². The predicted octanol–water partition coefficient (Wildman–Crippen LogP) is 3.86. The summed E-state index contributed by atoms with van der Waals surface area (Å²) in [6, 6.07) is 8.42. The molecule has 29 heavy (non-hydrogen) atoms. The van der Waals surface area contributed by atoms with Gasteiger partial charge in [0.1, 0.15) is 0 Å². The van der Waals surface area contributed by atoms with E-state index in [-0.39, 0.29) is 28.9 Å². The minimum absolute atomic E-state index is 0.0747. The van der Waals surface area contributed by atoms with E-state index in [9.17, 15) is 9.59 Å². The maximum Gasteiger partial charge on any atom is 0.315 e. The number of nitrogens with zero attached hydrogens (tertiary/aromatic N) is 1. The topological polar surface area (TPSA) is 86.3 Å². The number of carbonyl (C=O) groups is 1. The molecule has 6 heteroatoms. The Hall–Kier alpha value is -2.59. The lowest BCUT2D eigenvalue weighted by atomic mass is 9.62. The fourth-order valence-corrected chi connectivity index (χ4v) is 5.82. The molecule has 1 fully saturated rings. The second-order valence-electron chi connectivity index (χ2n) is 10.0. The highest BCUT2D eigenvalue weighted by Crippen LogP contribution is 2.46. The molecule has 0 radical (unpaired) electrons. The molecule has 2 amide bonds. The average molecular weight is 395 g/mol. The molecule has 4 rings (SSSR count). The van der Waals surface area contributed by atoms with Crippen LogP contribution in [0, 0.1) is 10.8 Å². The Morgan fingerprint density at radius 3 is 2.72 bits per heavy atom. The molecule has 3 atom stereocenters. The summed E-state index contributed by atoms with van der Waals surface area (Å²) in [6.45, 7) is 7.05. The molecule has 3 unspecified atom stereocenters. The highest BCUT2D eigenvalue weighted by atomic mass is 16.2. The number of urea groups is 1. The van der Waals surface area contributed by atoms with Crippen LogP contribution in [0.3, 0.4) is 0 Å². The Kier molecular flexibility index (Phi) is 4.99. The first kappa shape index (κ1) is 19.7. The van der Waals surface area contributed by atoms with E-state index in [1.54, 1.807) is 6.08 Å². The van der Waals surface area contributed by atoms with Gasteiger partial charge < -0.3 is 15.6 Å². The highest BCUT2D eigenvalue weighted by molar-refractivity contribution is 5.85. The lowest BCUT2D eigenvalue weighted by Crippen LogP contribution is -2.52. The monoisotopic (exact) mass is 394 g/mol. The second-order valence-corrected chi connectivity index (χ2v) is 10.0. The van der Waals surface area contributed by atoms with Gasteiger partial charge in [0.15, 0.2) is 0 Å². The van der Waals surface area contributed by atoms with Crippen LogP contribution in [0.15, 0.2) is 29.3 Å². The van der Waals surface area contributed by atoms with Crippen molar-refractivity contribution in [2.45, 2.75) is 65.0 Å². The van der Waals surface area contributed by atoms with E-state index in [1.807, 2.05) is 6.07 Å². The first-order chi connectivity index (χ1) is 13.8. The Balaban J connectivity index is 1.37. The normalized spacial score (nSPS) is 27.8. The van der Waals surface area contributed by atoms with E-state index < -0.39 is 0 Å². The summed E-state index contributed by atoms with van der Waals surface area (Å²) in [4.78, 5) is 30.6. The van der Waals surface area contributed by atoms with Crippen LogP contribution in [0.25, 0.3) is 10.9 Å². The van der Waals surface area contributed by atoms with Crippen LogP contribution in [0.5, 0.6) is 0 Å². The zero-order chi connectivity index (χ0) is 20.6. The number of fused-ring (bicyclic) bond motifs is 3. The summed E-state index contributed by atoms with van der Waals surface area (Å²) in [7, 11) is 0. The number of carbonyl (C=O) groups excluding carboxylic acids is 2. The van der Waals surface area contributed by atoms with Gasteiger partial charge in [-0.25, -0.2) is 14.6 Å². The summed E-state index contributed by atoms with van der Waals surface area (Å²) in [5, 5.41) is 7.61. The minimum atomic E-state index is -0.103. The third kappa shape index (κ3) is 4.23. The maximum atomic E-state index is 12.7. The van der Waals surface area contributed by atoms with Gasteiger partial charge in [0.25, 0.3) is 0 Å². The van der Waals surface area contributed by atoms with Gasteiger partial charge in [0.05, 0.1) is 6.54 Å². The van der Waals surface area contributed by atoms with Crippen molar-refractivity contribution in [2.24, 2.45) is 15.8 Å². The molecule has 0 saturated heterocycles. The standard InChI is InChI=1S/C23H30N4O2/c1-22(2)10-16(11-23(3,12-22)13-24-14-28)26-21(29)25-15-8-18-17-6-4-5-7-19(17)27-20(18)9-15/h4-7,15-16,27H,8-13H2,1-3H3,(H2,25,26,29). The molecular weight excluding hydrogens is 364 g/mol. The van der Waals surface area contributed by atoms with Crippen molar-refractivity contribution < 1.29 is 9.59 Å². The zero-order valence-electron chi connectivity index (χ0n) is 17.5. The molecule has 3 N–H and O–H groups in total. The van der Waals surface area contributed by atoms with E-state index in [0.29, 0.717) is 6.54 Å². The molecular formula is C23H30N4O2. The highest BCUT2D eigenvalue weighted by Gasteiger charge is 2.42. The van der Waals surface area contributed by atoms with Crippen LogP contribution >= 0.6 is 0 Å². The predicted molar refractivity (Wildman–Crippen MR) is 114 cm³/mol. The molecule has 1 heterocycles. The quantitative estimate of drug-likeness (QED) is 0.543. The van der Waals surface area contributed by atoms with Crippen LogP contribution in [-0.4, -0.2) is 35.7 Å². The lowest BCUT2D eigenvalue weighted by molar-refractivity contribution is 0.0806. The van der Waals surface area contributed by atoms with Crippen molar-refractivity contribution in [2.75, 3.05) is 6.54 Å². The fourth-order valence-electron chi connectivity index (χ4n) is 5.82. The number of rotatable bonds is 4. The molecule has 0 aliphatic heterocycles. The van der Waals surface area contributed by atoms with Crippen LogP contribution in [0.1, 0.15) is 51.3 Å². The number of para-hydroxylation sites is 1. The summed E-state index contributed by atoms with van der Waals surface area (Å²) in [6.07, 6.45) is 6.08. The van der Waals surface area contributed by atoms with Crippen molar-refractivity contribution in [3.8, 4) is 0 Å². The van der Waals surface area contributed by atoms with Crippen molar-refractivity contribution >= 4 is 23.0 Å². The second kappa shape index (κ2) is 7.34. The Morgan fingerprint density at radius 1 is 1.17 bits per heavy atom. The number of aliphatic imine (C=N–C) groups is 1. The van der Waals surface area contributed by atoms with Crippen molar-refractivity contribution in [3.63, 3.8) is 0 Å². The van der Waals surface area contributed by atoms with Crippen molar-refractivity contribution in [1.82, 2.24) is 15.6 Å². The summed E-state index contributed by atoms with van der Waals surface area (Å²) >= 11 is 0. The maximum absolute atomic E-state index is 12.7. The number of hydrogen-bond donors (Lipinski definition) is 3. The average Bonchev–Trinajstić information content (AvgIpc) is 3.15.